The van der Waals surface area contributed by atoms with E-state index in [0.717, 1.165) is 22.3 Å². The number of benzene rings is 4. The summed E-state index contributed by atoms with van der Waals surface area (Å²) in [6.07, 6.45) is 1.02. The van der Waals surface area contributed by atoms with Gasteiger partial charge in [0.2, 0.25) is 0 Å². The fourth-order valence-electron chi connectivity index (χ4n) is 4.44. The molecule has 4 heteroatoms. The topological polar surface area (TPSA) is 35.5 Å². The number of esters is 1. The molecule has 0 amide bonds. The van der Waals surface area contributed by atoms with Crippen molar-refractivity contribution in [1.29, 1.82) is 0 Å². The Hall–Kier alpha value is -3.76. The highest BCUT2D eigenvalue weighted by molar-refractivity contribution is 5.69. The van der Waals surface area contributed by atoms with Gasteiger partial charge in [0.15, 0.2) is 0 Å². The molecule has 0 heterocycles. The molecule has 4 aromatic carbocycles. The molecular weight excluding hydrogens is 439 g/mol. The lowest BCUT2D eigenvalue weighted by Gasteiger charge is -2.39. The van der Waals surface area contributed by atoms with Crippen molar-refractivity contribution in [3.63, 3.8) is 0 Å². The monoisotopic (exact) mass is 468 g/mol. The normalized spacial score (nSPS) is 12.2. The van der Waals surface area contributed by atoms with Crippen LogP contribution in [0.3, 0.4) is 0 Å². The summed E-state index contributed by atoms with van der Waals surface area (Å²) < 4.78 is 25.8. The molecule has 178 valence electrons. The van der Waals surface area contributed by atoms with Crippen LogP contribution in [0.2, 0.25) is 0 Å². The Balaban J connectivity index is 1.86. The molecular formula is C31H29FO3. The maximum Gasteiger partial charge on any atom is 0.305 e. The molecule has 3 nitrogen and oxygen atoms in total. The minimum absolute atomic E-state index is 0.261. The van der Waals surface area contributed by atoms with Gasteiger partial charge in [-0.1, -0.05) is 103 Å². The number of ether oxygens (including phenoxy) is 2. The molecule has 0 spiro atoms. The van der Waals surface area contributed by atoms with Gasteiger partial charge >= 0.3 is 5.97 Å². The van der Waals surface area contributed by atoms with E-state index in [9.17, 15) is 9.18 Å². The second-order valence-corrected chi connectivity index (χ2v) is 8.41. The third-order valence-corrected chi connectivity index (χ3v) is 6.18. The Morgan fingerprint density at radius 3 is 1.63 bits per heavy atom. The van der Waals surface area contributed by atoms with Crippen molar-refractivity contribution in [2.24, 2.45) is 0 Å². The molecule has 0 radical (unpaired) electrons. The Bertz CT molecular complexity index is 1100. The number of hydrogen-bond donors (Lipinski definition) is 0. The second-order valence-electron chi connectivity index (χ2n) is 8.41. The Kier molecular flexibility index (Phi) is 8.07. The van der Waals surface area contributed by atoms with Gasteiger partial charge in [-0.3, -0.25) is 4.79 Å². The van der Waals surface area contributed by atoms with Gasteiger partial charge in [-0.2, -0.15) is 0 Å². The second kappa shape index (κ2) is 11.6. The molecule has 4 aromatic rings. The van der Waals surface area contributed by atoms with Gasteiger partial charge in [0, 0.05) is 6.42 Å². The molecule has 1 unspecified atom stereocenters. The minimum atomic E-state index is -0.923. The number of hydrogen-bond acceptors (Lipinski definition) is 3. The van der Waals surface area contributed by atoms with Crippen molar-refractivity contribution in [3.8, 4) is 0 Å². The van der Waals surface area contributed by atoms with E-state index in [1.807, 2.05) is 54.6 Å². The summed E-state index contributed by atoms with van der Waals surface area (Å²) in [5.41, 5.74) is 2.88. The molecule has 0 fully saturated rings. The summed E-state index contributed by atoms with van der Waals surface area (Å²) in [6, 6.07) is 36.8. The lowest BCUT2D eigenvalue weighted by molar-refractivity contribution is -0.141. The SMILES string of the molecule is COC(=O)CCCC(OC(c1ccccc1)(c1ccccc1)c1ccccc1)c1ccc(F)cc1. The largest absolute Gasteiger partial charge is 0.469 e. The van der Waals surface area contributed by atoms with Crippen molar-refractivity contribution < 1.29 is 18.7 Å². The van der Waals surface area contributed by atoms with Crippen LogP contribution in [0, 0.1) is 5.82 Å². The number of carbonyl (C=O) groups excluding carboxylic acids is 1. The molecule has 1 atom stereocenters. The number of halogens is 1. The van der Waals surface area contributed by atoms with E-state index in [4.69, 9.17) is 9.47 Å². The van der Waals surface area contributed by atoms with E-state index >= 15 is 0 Å². The predicted molar refractivity (Wildman–Crippen MR) is 135 cm³/mol. The first kappa shape index (κ1) is 24.4. The van der Waals surface area contributed by atoms with E-state index in [1.54, 1.807) is 12.1 Å². The van der Waals surface area contributed by atoms with E-state index in [2.05, 4.69) is 36.4 Å². The van der Waals surface area contributed by atoms with E-state index in [1.165, 1.54) is 19.2 Å². The number of methoxy groups -OCH3 is 1. The number of rotatable bonds is 10. The molecule has 0 aliphatic carbocycles. The predicted octanol–water partition coefficient (Wildman–Crippen LogP) is 7.22. The van der Waals surface area contributed by atoms with Gasteiger partial charge in [-0.25, -0.2) is 4.39 Å². The lowest BCUT2D eigenvalue weighted by atomic mass is 9.79. The molecule has 0 bridgehead atoms. The molecule has 0 aliphatic heterocycles. The standard InChI is InChI=1S/C31H29FO3/c1-34-30(33)19-11-18-29(24-20-22-28(32)23-21-24)35-31(25-12-5-2-6-13-25,26-14-7-3-8-15-26)27-16-9-4-10-17-27/h2-10,12-17,20-23,29H,11,18-19H2,1H3. The fourth-order valence-corrected chi connectivity index (χ4v) is 4.44. The van der Waals surface area contributed by atoms with Gasteiger partial charge in [0.1, 0.15) is 11.4 Å². The Morgan fingerprint density at radius 1 is 0.743 bits per heavy atom. The summed E-state index contributed by atoms with van der Waals surface area (Å²) in [5.74, 6) is -0.564. The zero-order chi connectivity index (χ0) is 24.5. The first-order valence-corrected chi connectivity index (χ1v) is 11.8. The average Bonchev–Trinajstić information content (AvgIpc) is 2.92. The summed E-state index contributed by atoms with van der Waals surface area (Å²) in [6.45, 7) is 0. The van der Waals surface area contributed by atoms with Crippen LogP contribution in [0.25, 0.3) is 0 Å². The zero-order valence-corrected chi connectivity index (χ0v) is 19.8. The summed E-state index contributed by atoms with van der Waals surface area (Å²) in [5, 5.41) is 0. The van der Waals surface area contributed by atoms with Gasteiger partial charge < -0.3 is 9.47 Å². The van der Waals surface area contributed by atoms with Crippen molar-refractivity contribution in [1.82, 2.24) is 0 Å². The molecule has 0 aliphatic rings. The Morgan fingerprint density at radius 2 is 1.20 bits per heavy atom. The van der Waals surface area contributed by atoms with Crippen LogP contribution in [-0.2, 0) is 19.9 Å². The Labute approximate surface area is 206 Å². The molecule has 0 aromatic heterocycles. The van der Waals surface area contributed by atoms with Crippen LogP contribution in [0.15, 0.2) is 115 Å². The third-order valence-electron chi connectivity index (χ3n) is 6.18. The zero-order valence-electron chi connectivity index (χ0n) is 19.8. The van der Waals surface area contributed by atoms with Crippen LogP contribution < -0.4 is 0 Å². The molecule has 4 rings (SSSR count). The number of carbonyl (C=O) groups is 1. The van der Waals surface area contributed by atoms with Crippen LogP contribution in [0.5, 0.6) is 0 Å². The van der Waals surface area contributed by atoms with Crippen molar-refractivity contribution >= 4 is 5.97 Å². The average molecular weight is 469 g/mol. The summed E-state index contributed by atoms with van der Waals surface area (Å²) in [4.78, 5) is 11.8. The van der Waals surface area contributed by atoms with Gasteiger partial charge in [-0.05, 0) is 47.2 Å². The van der Waals surface area contributed by atoms with Gasteiger partial charge in [-0.15, -0.1) is 0 Å². The van der Waals surface area contributed by atoms with Crippen molar-refractivity contribution in [2.75, 3.05) is 7.11 Å². The maximum absolute atomic E-state index is 13.8. The van der Waals surface area contributed by atoms with Crippen molar-refractivity contribution in [3.05, 3.63) is 143 Å². The molecule has 0 saturated carbocycles. The molecule has 0 saturated heterocycles. The maximum atomic E-state index is 13.8. The van der Waals surface area contributed by atoms with Crippen molar-refractivity contribution in [2.45, 2.75) is 31.0 Å². The third kappa shape index (κ3) is 5.67. The van der Waals surface area contributed by atoms with Gasteiger partial charge in [0.05, 0.1) is 13.2 Å². The summed E-state index contributed by atoms with van der Waals surface area (Å²) in [7, 11) is 1.39. The van der Waals surface area contributed by atoms with E-state index in [-0.39, 0.29) is 18.2 Å². The van der Waals surface area contributed by atoms with Crippen LogP contribution >= 0.6 is 0 Å². The summed E-state index contributed by atoms with van der Waals surface area (Å²) >= 11 is 0. The molecule has 0 N–H and O–H groups in total. The quantitative estimate of drug-likeness (QED) is 0.182. The van der Waals surface area contributed by atoms with Crippen LogP contribution in [0.4, 0.5) is 4.39 Å². The minimum Gasteiger partial charge on any atom is -0.469 e. The highest BCUT2D eigenvalue weighted by Gasteiger charge is 2.40. The highest BCUT2D eigenvalue weighted by Crippen LogP contribution is 2.45. The smallest absolute Gasteiger partial charge is 0.305 e. The van der Waals surface area contributed by atoms with Crippen LogP contribution in [0.1, 0.15) is 47.6 Å². The lowest BCUT2D eigenvalue weighted by Crippen LogP contribution is -2.34. The molecule has 35 heavy (non-hydrogen) atoms. The van der Waals surface area contributed by atoms with E-state index in [0.29, 0.717) is 12.8 Å². The van der Waals surface area contributed by atoms with Gasteiger partial charge in [0.25, 0.3) is 0 Å². The first-order valence-electron chi connectivity index (χ1n) is 11.8. The van der Waals surface area contributed by atoms with E-state index < -0.39 is 11.7 Å². The first-order chi connectivity index (χ1) is 17.1. The fraction of sp³-hybridized carbons (Fsp3) is 0.194. The van der Waals surface area contributed by atoms with Crippen LogP contribution in [-0.4, -0.2) is 13.1 Å². The highest BCUT2D eigenvalue weighted by atomic mass is 19.1.